The van der Waals surface area contributed by atoms with Gasteiger partial charge in [0.1, 0.15) is 0 Å². The van der Waals surface area contributed by atoms with Gasteiger partial charge in [-0.2, -0.15) is 0 Å². The van der Waals surface area contributed by atoms with Crippen LogP contribution in [0.4, 0.5) is 14.5 Å². The van der Waals surface area contributed by atoms with E-state index in [4.69, 9.17) is 5.73 Å². The van der Waals surface area contributed by atoms with Crippen LogP contribution in [0.25, 0.3) is 0 Å². The smallest absolute Gasteiger partial charge is 0.251 e. The topological polar surface area (TPSA) is 26.0 Å². The highest BCUT2D eigenvalue weighted by Gasteiger charge is 2.25. The first-order chi connectivity index (χ1) is 6.03. The molecule has 0 heterocycles. The van der Waals surface area contributed by atoms with Gasteiger partial charge in [0, 0.05) is 18.5 Å². The van der Waals surface area contributed by atoms with E-state index in [9.17, 15) is 8.78 Å². The normalized spacial score (nSPS) is 11.6. The lowest BCUT2D eigenvalue weighted by atomic mass is 10.1. The summed E-state index contributed by atoms with van der Waals surface area (Å²) in [6.07, 6.45) is -0.332. The van der Waals surface area contributed by atoms with E-state index in [0.29, 0.717) is 11.3 Å². The van der Waals surface area contributed by atoms with Crippen LogP contribution in [0.3, 0.4) is 0 Å². The Labute approximate surface area is 76.6 Å². The lowest BCUT2D eigenvalue weighted by Gasteiger charge is -2.13. The summed E-state index contributed by atoms with van der Waals surface area (Å²) in [6, 6.07) is 6.56. The fourth-order valence-electron chi connectivity index (χ4n) is 1.06. The molecule has 1 aromatic carbocycles. The van der Waals surface area contributed by atoms with E-state index in [2.05, 4.69) is 0 Å². The summed E-state index contributed by atoms with van der Waals surface area (Å²) in [5.74, 6) is -2.60. The molecular formula is C10H13F2N. The number of halogens is 2. The van der Waals surface area contributed by atoms with Crippen LogP contribution in [0.15, 0.2) is 24.3 Å². The van der Waals surface area contributed by atoms with Gasteiger partial charge in [0.25, 0.3) is 5.92 Å². The molecule has 72 valence electrons. The first-order valence-electron chi connectivity index (χ1n) is 4.26. The molecule has 0 saturated carbocycles. The van der Waals surface area contributed by atoms with Gasteiger partial charge in [-0.15, -0.1) is 0 Å². The number of rotatable bonds is 3. The van der Waals surface area contributed by atoms with Crippen LogP contribution in [0.1, 0.15) is 18.9 Å². The third-order valence-corrected chi connectivity index (χ3v) is 1.96. The van der Waals surface area contributed by atoms with Gasteiger partial charge in [-0.3, -0.25) is 0 Å². The summed E-state index contributed by atoms with van der Waals surface area (Å²) >= 11 is 0. The molecule has 0 aliphatic heterocycles. The van der Waals surface area contributed by atoms with Gasteiger partial charge in [-0.05, 0) is 17.7 Å². The van der Waals surface area contributed by atoms with Gasteiger partial charge in [-0.1, -0.05) is 19.1 Å². The van der Waals surface area contributed by atoms with Crippen molar-refractivity contribution in [3.63, 3.8) is 0 Å². The van der Waals surface area contributed by atoms with Gasteiger partial charge < -0.3 is 5.73 Å². The van der Waals surface area contributed by atoms with Crippen molar-refractivity contribution >= 4 is 5.69 Å². The Morgan fingerprint density at radius 1 is 1.23 bits per heavy atom. The van der Waals surface area contributed by atoms with Crippen LogP contribution < -0.4 is 5.73 Å². The molecule has 0 aliphatic carbocycles. The molecule has 0 atom stereocenters. The number of nitrogens with two attached hydrogens (primary N) is 1. The lowest BCUT2D eigenvalue weighted by molar-refractivity contribution is -0.00219. The Balaban J connectivity index is 2.69. The highest BCUT2D eigenvalue weighted by atomic mass is 19.3. The van der Waals surface area contributed by atoms with Crippen molar-refractivity contribution in [1.82, 2.24) is 0 Å². The molecule has 0 unspecified atom stereocenters. The van der Waals surface area contributed by atoms with Crippen LogP contribution in [-0.4, -0.2) is 5.92 Å². The number of anilines is 1. The Hall–Kier alpha value is -1.12. The predicted octanol–water partition coefficient (Wildman–Crippen LogP) is 2.86. The van der Waals surface area contributed by atoms with E-state index in [1.165, 1.54) is 6.92 Å². The Morgan fingerprint density at radius 2 is 1.77 bits per heavy atom. The molecule has 0 saturated heterocycles. The SMILES string of the molecule is CCC(F)(F)Cc1ccc(N)cc1. The molecule has 0 fully saturated rings. The van der Waals surface area contributed by atoms with Crippen molar-refractivity contribution in [2.75, 3.05) is 5.73 Å². The monoisotopic (exact) mass is 185 g/mol. The van der Waals surface area contributed by atoms with Gasteiger partial charge >= 0.3 is 0 Å². The van der Waals surface area contributed by atoms with Crippen molar-refractivity contribution in [3.05, 3.63) is 29.8 Å². The number of nitrogen functional groups attached to an aromatic ring is 1. The zero-order valence-corrected chi connectivity index (χ0v) is 7.56. The number of benzene rings is 1. The van der Waals surface area contributed by atoms with Crippen LogP contribution in [0, 0.1) is 0 Å². The number of hydrogen-bond donors (Lipinski definition) is 1. The minimum atomic E-state index is -2.60. The molecule has 1 nitrogen and oxygen atoms in total. The zero-order chi connectivity index (χ0) is 9.90. The zero-order valence-electron chi connectivity index (χ0n) is 7.56. The Bertz CT molecular complexity index is 267. The first kappa shape index (κ1) is 9.96. The van der Waals surface area contributed by atoms with E-state index in [1.54, 1.807) is 24.3 Å². The number of hydrogen-bond acceptors (Lipinski definition) is 1. The van der Waals surface area contributed by atoms with E-state index in [0.717, 1.165) is 0 Å². The molecule has 0 aliphatic rings. The minimum absolute atomic E-state index is 0.128. The Morgan fingerprint density at radius 3 is 2.23 bits per heavy atom. The second-order valence-electron chi connectivity index (χ2n) is 3.13. The molecule has 0 spiro atoms. The van der Waals surface area contributed by atoms with Gasteiger partial charge in [-0.25, -0.2) is 8.78 Å². The maximum atomic E-state index is 12.9. The maximum absolute atomic E-state index is 12.9. The van der Waals surface area contributed by atoms with Gasteiger partial charge in [0.2, 0.25) is 0 Å². The molecule has 0 amide bonds. The lowest BCUT2D eigenvalue weighted by Crippen LogP contribution is -2.17. The summed E-state index contributed by atoms with van der Waals surface area (Å²) in [7, 11) is 0. The quantitative estimate of drug-likeness (QED) is 0.720. The van der Waals surface area contributed by atoms with Crippen LogP contribution in [0.2, 0.25) is 0 Å². The third-order valence-electron chi connectivity index (χ3n) is 1.96. The molecule has 1 rings (SSSR count). The third kappa shape index (κ3) is 3.01. The summed E-state index contributed by atoms with van der Waals surface area (Å²) < 4.78 is 25.8. The molecule has 0 bridgehead atoms. The minimum Gasteiger partial charge on any atom is -0.399 e. The van der Waals surface area contributed by atoms with E-state index in [1.807, 2.05) is 0 Å². The molecular weight excluding hydrogens is 172 g/mol. The van der Waals surface area contributed by atoms with Crippen LogP contribution >= 0.6 is 0 Å². The van der Waals surface area contributed by atoms with Gasteiger partial charge in [0.05, 0.1) is 0 Å². The second kappa shape index (κ2) is 3.73. The highest BCUT2D eigenvalue weighted by Crippen LogP contribution is 2.23. The summed E-state index contributed by atoms with van der Waals surface area (Å²) in [5.41, 5.74) is 6.66. The van der Waals surface area contributed by atoms with Crippen LogP contribution in [0.5, 0.6) is 0 Å². The standard InChI is InChI=1S/C10H13F2N/c1-2-10(11,12)7-8-3-5-9(13)6-4-8/h3-6H,2,7,13H2,1H3. The Kier molecular flexibility index (Phi) is 2.86. The molecule has 2 N–H and O–H groups in total. The fraction of sp³-hybridized carbons (Fsp3) is 0.400. The largest absolute Gasteiger partial charge is 0.399 e. The van der Waals surface area contributed by atoms with Crippen molar-refractivity contribution < 1.29 is 8.78 Å². The average Bonchev–Trinajstić information content (AvgIpc) is 2.09. The maximum Gasteiger partial charge on any atom is 0.251 e. The van der Waals surface area contributed by atoms with Crippen molar-refractivity contribution in [2.24, 2.45) is 0 Å². The summed E-state index contributed by atoms with van der Waals surface area (Å²) in [4.78, 5) is 0. The predicted molar refractivity (Wildman–Crippen MR) is 49.8 cm³/mol. The first-order valence-corrected chi connectivity index (χ1v) is 4.26. The fourth-order valence-corrected chi connectivity index (χ4v) is 1.06. The van der Waals surface area contributed by atoms with Crippen LogP contribution in [-0.2, 0) is 6.42 Å². The van der Waals surface area contributed by atoms with Crippen molar-refractivity contribution in [3.8, 4) is 0 Å². The summed E-state index contributed by atoms with van der Waals surface area (Å²) in [5, 5.41) is 0. The van der Waals surface area contributed by atoms with Gasteiger partial charge in [0.15, 0.2) is 0 Å². The highest BCUT2D eigenvalue weighted by molar-refractivity contribution is 5.39. The second-order valence-corrected chi connectivity index (χ2v) is 3.13. The molecule has 13 heavy (non-hydrogen) atoms. The number of alkyl halides is 2. The molecule has 1 aromatic rings. The summed E-state index contributed by atoms with van der Waals surface area (Å²) in [6.45, 7) is 1.48. The molecule has 0 radical (unpaired) electrons. The van der Waals surface area contributed by atoms with E-state index in [-0.39, 0.29) is 12.8 Å². The van der Waals surface area contributed by atoms with Crippen molar-refractivity contribution in [1.29, 1.82) is 0 Å². The van der Waals surface area contributed by atoms with E-state index < -0.39 is 5.92 Å². The molecule has 3 heteroatoms. The van der Waals surface area contributed by atoms with E-state index >= 15 is 0 Å². The van der Waals surface area contributed by atoms with Crippen molar-refractivity contribution in [2.45, 2.75) is 25.7 Å². The average molecular weight is 185 g/mol. The molecule has 0 aromatic heterocycles.